The number of hydrogen-bond acceptors (Lipinski definition) is 2. The first-order valence-electron chi connectivity index (χ1n) is 5.59. The number of thioether (sulfide) groups is 1. The van der Waals surface area contributed by atoms with E-state index in [-0.39, 0.29) is 5.84 Å². The van der Waals surface area contributed by atoms with Gasteiger partial charge in [0.2, 0.25) is 0 Å². The molecule has 0 amide bonds. The zero-order valence-electron chi connectivity index (χ0n) is 10.2. The molecule has 1 atom stereocenters. The van der Waals surface area contributed by atoms with Crippen molar-refractivity contribution in [1.29, 1.82) is 5.41 Å². The minimum absolute atomic E-state index is 0.281. The molecule has 0 bridgehead atoms. The summed E-state index contributed by atoms with van der Waals surface area (Å²) in [6.45, 7) is 6.39. The average Bonchev–Trinajstić information content (AvgIpc) is 2.22. The van der Waals surface area contributed by atoms with Crippen LogP contribution in [0.5, 0.6) is 0 Å². The van der Waals surface area contributed by atoms with E-state index in [1.165, 1.54) is 16.0 Å². The summed E-state index contributed by atoms with van der Waals surface area (Å²) in [4.78, 5) is 1.27. The number of aryl methyl sites for hydroxylation is 2. The van der Waals surface area contributed by atoms with Gasteiger partial charge in [0.1, 0.15) is 0 Å². The van der Waals surface area contributed by atoms with Crippen LogP contribution in [-0.4, -0.2) is 11.1 Å². The van der Waals surface area contributed by atoms with Gasteiger partial charge in [0.05, 0.1) is 5.84 Å². The van der Waals surface area contributed by atoms with Gasteiger partial charge in [-0.2, -0.15) is 0 Å². The molecule has 0 aliphatic heterocycles. The van der Waals surface area contributed by atoms with Crippen LogP contribution in [-0.2, 0) is 0 Å². The molecule has 0 spiro atoms. The van der Waals surface area contributed by atoms with Gasteiger partial charge in [0.15, 0.2) is 0 Å². The van der Waals surface area contributed by atoms with E-state index in [1.807, 2.05) is 11.8 Å². The van der Waals surface area contributed by atoms with Gasteiger partial charge in [-0.1, -0.05) is 13.0 Å². The topological polar surface area (TPSA) is 49.9 Å². The molecule has 0 fully saturated rings. The Morgan fingerprint density at radius 3 is 2.56 bits per heavy atom. The van der Waals surface area contributed by atoms with Crippen LogP contribution in [0.1, 0.15) is 30.9 Å². The Kier molecular flexibility index (Phi) is 4.87. The minimum atomic E-state index is 0.281. The maximum atomic E-state index is 7.33. The van der Waals surface area contributed by atoms with Crippen LogP contribution in [0.3, 0.4) is 0 Å². The number of hydrogen-bond donors (Lipinski definition) is 2. The van der Waals surface area contributed by atoms with Gasteiger partial charge in [-0.05, 0) is 43.5 Å². The molecule has 16 heavy (non-hydrogen) atoms. The van der Waals surface area contributed by atoms with E-state index in [2.05, 4.69) is 39.0 Å². The Hall–Kier alpha value is -0.960. The number of rotatable bonds is 5. The summed E-state index contributed by atoms with van der Waals surface area (Å²) in [5.74, 6) is 0.281. The second kappa shape index (κ2) is 5.94. The number of nitrogens with one attached hydrogen (secondary N) is 1. The normalized spacial score (nSPS) is 12.4. The van der Waals surface area contributed by atoms with Crippen LogP contribution in [0.4, 0.5) is 0 Å². The standard InChI is InChI=1S/C13H20N2S/c1-4-11(8-13(14)15)16-12-6-5-9(2)10(3)7-12/h5-7,11H,4,8H2,1-3H3,(H3,14,15). The molecule has 1 aromatic carbocycles. The lowest BCUT2D eigenvalue weighted by atomic mass is 10.1. The number of amidine groups is 1. The van der Waals surface area contributed by atoms with Gasteiger partial charge in [0, 0.05) is 16.6 Å². The van der Waals surface area contributed by atoms with E-state index >= 15 is 0 Å². The van der Waals surface area contributed by atoms with Crippen molar-refractivity contribution in [1.82, 2.24) is 0 Å². The maximum absolute atomic E-state index is 7.33. The summed E-state index contributed by atoms with van der Waals surface area (Å²) in [7, 11) is 0. The molecular formula is C13H20N2S. The summed E-state index contributed by atoms with van der Waals surface area (Å²) >= 11 is 1.82. The minimum Gasteiger partial charge on any atom is -0.388 e. The van der Waals surface area contributed by atoms with Crippen molar-refractivity contribution in [3.8, 4) is 0 Å². The monoisotopic (exact) mass is 236 g/mol. The largest absolute Gasteiger partial charge is 0.388 e. The van der Waals surface area contributed by atoms with Gasteiger partial charge >= 0.3 is 0 Å². The number of nitrogens with two attached hydrogens (primary N) is 1. The third-order valence-electron chi connectivity index (χ3n) is 2.68. The third-order valence-corrected chi connectivity index (χ3v) is 4.04. The van der Waals surface area contributed by atoms with Crippen molar-refractivity contribution >= 4 is 17.6 Å². The highest BCUT2D eigenvalue weighted by Crippen LogP contribution is 2.28. The van der Waals surface area contributed by atoms with E-state index < -0.39 is 0 Å². The van der Waals surface area contributed by atoms with Crippen molar-refractivity contribution in [3.05, 3.63) is 29.3 Å². The van der Waals surface area contributed by atoms with Crippen molar-refractivity contribution in [2.24, 2.45) is 5.73 Å². The Morgan fingerprint density at radius 2 is 2.06 bits per heavy atom. The second-order valence-electron chi connectivity index (χ2n) is 4.12. The predicted molar refractivity (Wildman–Crippen MR) is 72.4 cm³/mol. The van der Waals surface area contributed by atoms with Gasteiger partial charge in [-0.3, -0.25) is 5.41 Å². The quantitative estimate of drug-likeness (QED) is 0.467. The van der Waals surface area contributed by atoms with Crippen molar-refractivity contribution in [3.63, 3.8) is 0 Å². The maximum Gasteiger partial charge on any atom is 0.0916 e. The summed E-state index contributed by atoms with van der Waals surface area (Å²) in [6.07, 6.45) is 1.71. The van der Waals surface area contributed by atoms with Crippen molar-refractivity contribution in [2.75, 3.05) is 0 Å². The Balaban J connectivity index is 2.70. The first-order chi connectivity index (χ1) is 7.52. The van der Waals surface area contributed by atoms with E-state index in [0.717, 1.165) is 6.42 Å². The van der Waals surface area contributed by atoms with Gasteiger partial charge < -0.3 is 5.73 Å². The fraction of sp³-hybridized carbons (Fsp3) is 0.462. The molecule has 0 aliphatic rings. The van der Waals surface area contributed by atoms with Crippen molar-refractivity contribution < 1.29 is 0 Å². The zero-order valence-corrected chi connectivity index (χ0v) is 11.0. The third kappa shape index (κ3) is 3.89. The van der Waals surface area contributed by atoms with Gasteiger partial charge in [0.25, 0.3) is 0 Å². The first-order valence-corrected chi connectivity index (χ1v) is 6.47. The highest BCUT2D eigenvalue weighted by atomic mass is 32.2. The zero-order chi connectivity index (χ0) is 12.1. The van der Waals surface area contributed by atoms with Gasteiger partial charge in [-0.25, -0.2) is 0 Å². The molecule has 0 saturated heterocycles. The van der Waals surface area contributed by atoms with E-state index in [4.69, 9.17) is 11.1 Å². The average molecular weight is 236 g/mol. The van der Waals surface area contributed by atoms with Crippen LogP contribution in [0.2, 0.25) is 0 Å². The molecule has 3 N–H and O–H groups in total. The van der Waals surface area contributed by atoms with E-state index in [1.54, 1.807) is 0 Å². The Morgan fingerprint density at radius 1 is 1.38 bits per heavy atom. The molecule has 0 heterocycles. The number of benzene rings is 1. The summed E-state index contributed by atoms with van der Waals surface area (Å²) in [6, 6.07) is 6.51. The van der Waals surface area contributed by atoms with Crippen LogP contribution in [0, 0.1) is 19.3 Å². The van der Waals surface area contributed by atoms with Crippen LogP contribution < -0.4 is 5.73 Å². The van der Waals surface area contributed by atoms with E-state index in [0.29, 0.717) is 11.7 Å². The van der Waals surface area contributed by atoms with Gasteiger partial charge in [-0.15, -0.1) is 11.8 Å². The highest BCUT2D eigenvalue weighted by molar-refractivity contribution is 8.00. The molecule has 2 nitrogen and oxygen atoms in total. The van der Waals surface area contributed by atoms with Crippen LogP contribution >= 0.6 is 11.8 Å². The molecule has 0 aliphatic carbocycles. The summed E-state index contributed by atoms with van der Waals surface area (Å²) in [5.41, 5.74) is 8.09. The summed E-state index contributed by atoms with van der Waals surface area (Å²) in [5, 5.41) is 7.75. The Labute approximate surface area is 102 Å². The Bertz CT molecular complexity index is 374. The molecular weight excluding hydrogens is 216 g/mol. The van der Waals surface area contributed by atoms with Crippen molar-refractivity contribution in [2.45, 2.75) is 43.8 Å². The van der Waals surface area contributed by atoms with E-state index in [9.17, 15) is 0 Å². The SMILES string of the molecule is CCC(CC(=N)N)Sc1ccc(C)c(C)c1. The fourth-order valence-corrected chi connectivity index (χ4v) is 2.70. The fourth-order valence-electron chi connectivity index (χ4n) is 1.49. The molecule has 0 saturated carbocycles. The smallest absolute Gasteiger partial charge is 0.0916 e. The molecule has 88 valence electrons. The first kappa shape index (κ1) is 13.1. The molecule has 0 aromatic heterocycles. The lowest BCUT2D eigenvalue weighted by molar-refractivity contribution is 0.848. The molecule has 1 rings (SSSR count). The molecule has 1 aromatic rings. The lowest BCUT2D eigenvalue weighted by Gasteiger charge is -2.14. The predicted octanol–water partition coefficient (Wildman–Crippen LogP) is 3.50. The molecule has 0 radical (unpaired) electrons. The molecule has 1 unspecified atom stereocenters. The second-order valence-corrected chi connectivity index (χ2v) is 5.50. The highest BCUT2D eigenvalue weighted by Gasteiger charge is 2.10. The molecule has 3 heteroatoms. The van der Waals surface area contributed by atoms with Crippen LogP contribution in [0.25, 0.3) is 0 Å². The summed E-state index contributed by atoms with van der Waals surface area (Å²) < 4.78 is 0. The lowest BCUT2D eigenvalue weighted by Crippen LogP contribution is -2.16. The van der Waals surface area contributed by atoms with Crippen LogP contribution in [0.15, 0.2) is 23.1 Å².